The summed E-state index contributed by atoms with van der Waals surface area (Å²) in [6, 6.07) is 26.6. The molecule has 6 nitrogen and oxygen atoms in total. The van der Waals surface area contributed by atoms with Gasteiger partial charge >= 0.3 is 0 Å². The van der Waals surface area contributed by atoms with Crippen LogP contribution in [0, 0.1) is 0 Å². The third-order valence-electron chi connectivity index (χ3n) is 4.65. The molecule has 0 fully saturated rings. The first-order chi connectivity index (χ1) is 14.4. The van der Waals surface area contributed by atoms with Gasteiger partial charge in [-0.05, 0) is 42.0 Å². The second kappa shape index (κ2) is 8.04. The Kier molecular flexibility index (Phi) is 5.29. The molecular formula is C23H21N3O3S. The number of rotatable bonds is 6. The number of anilines is 2. The summed E-state index contributed by atoms with van der Waals surface area (Å²) in [7, 11) is -3.34. The van der Waals surface area contributed by atoms with Crippen LogP contribution in [0.3, 0.4) is 0 Å². The molecule has 152 valence electrons. The Balaban J connectivity index is 1.57. The van der Waals surface area contributed by atoms with Gasteiger partial charge in [0, 0.05) is 28.0 Å². The summed E-state index contributed by atoms with van der Waals surface area (Å²) in [6.07, 6.45) is 1.09. The number of hydrogen-bond donors (Lipinski definition) is 2. The SMILES string of the molecule is CS(=O)(=O)Nc1ccc(NC(=O)Cn2c(-c3ccccc3)cc3ccccc32)cc1. The van der Waals surface area contributed by atoms with Crippen LogP contribution in [0.1, 0.15) is 0 Å². The second-order valence-corrected chi connectivity index (χ2v) is 8.79. The smallest absolute Gasteiger partial charge is 0.244 e. The zero-order valence-corrected chi connectivity index (χ0v) is 17.2. The number of benzene rings is 3. The molecule has 0 saturated heterocycles. The normalized spacial score (nSPS) is 11.4. The number of carbonyl (C=O) groups is 1. The quantitative estimate of drug-likeness (QED) is 0.488. The molecule has 0 aliphatic carbocycles. The summed E-state index contributed by atoms with van der Waals surface area (Å²) >= 11 is 0. The Morgan fingerprint density at radius 2 is 1.50 bits per heavy atom. The van der Waals surface area contributed by atoms with E-state index < -0.39 is 10.0 Å². The number of carbonyl (C=O) groups excluding carboxylic acids is 1. The van der Waals surface area contributed by atoms with Crippen LogP contribution >= 0.6 is 0 Å². The van der Waals surface area contributed by atoms with Crippen molar-refractivity contribution in [3.05, 3.63) is 84.9 Å². The molecule has 0 spiro atoms. The molecule has 1 heterocycles. The standard InChI is InChI=1S/C23H21N3O3S/c1-30(28,29)25-20-13-11-19(12-14-20)24-23(27)16-26-21-10-6-5-9-18(21)15-22(26)17-7-3-2-4-8-17/h2-15,25H,16H2,1H3,(H,24,27). The third kappa shape index (κ3) is 4.52. The minimum Gasteiger partial charge on any atom is -0.331 e. The van der Waals surface area contributed by atoms with E-state index in [9.17, 15) is 13.2 Å². The Morgan fingerprint density at radius 3 is 2.20 bits per heavy atom. The fraction of sp³-hybridized carbons (Fsp3) is 0.0870. The molecule has 4 rings (SSSR count). The van der Waals surface area contributed by atoms with E-state index in [0.717, 1.165) is 28.4 Å². The molecule has 0 aliphatic heterocycles. The van der Waals surface area contributed by atoms with E-state index in [-0.39, 0.29) is 12.5 Å². The maximum absolute atomic E-state index is 12.8. The van der Waals surface area contributed by atoms with Crippen molar-refractivity contribution in [2.45, 2.75) is 6.54 Å². The summed E-state index contributed by atoms with van der Waals surface area (Å²) in [4.78, 5) is 12.8. The van der Waals surface area contributed by atoms with Crippen LogP contribution < -0.4 is 10.0 Å². The molecule has 3 aromatic carbocycles. The lowest BCUT2D eigenvalue weighted by Gasteiger charge is -2.12. The van der Waals surface area contributed by atoms with E-state index in [1.165, 1.54) is 0 Å². The van der Waals surface area contributed by atoms with Gasteiger partial charge in [-0.15, -0.1) is 0 Å². The van der Waals surface area contributed by atoms with E-state index in [1.54, 1.807) is 24.3 Å². The molecule has 30 heavy (non-hydrogen) atoms. The Morgan fingerprint density at radius 1 is 0.867 bits per heavy atom. The topological polar surface area (TPSA) is 80.2 Å². The van der Waals surface area contributed by atoms with Crippen LogP contribution in [0.25, 0.3) is 22.2 Å². The first-order valence-corrected chi connectivity index (χ1v) is 11.3. The van der Waals surface area contributed by atoms with Crippen LogP contribution in [-0.2, 0) is 21.4 Å². The average molecular weight is 420 g/mol. The van der Waals surface area contributed by atoms with Crippen LogP contribution in [0.4, 0.5) is 11.4 Å². The molecule has 0 unspecified atom stereocenters. The van der Waals surface area contributed by atoms with Crippen LogP contribution in [-0.4, -0.2) is 25.1 Å². The van der Waals surface area contributed by atoms with Crippen molar-refractivity contribution in [3.8, 4) is 11.3 Å². The molecule has 0 saturated carbocycles. The van der Waals surface area contributed by atoms with Gasteiger partial charge in [0.25, 0.3) is 0 Å². The Labute approximate surface area is 175 Å². The van der Waals surface area contributed by atoms with Gasteiger partial charge in [-0.3, -0.25) is 9.52 Å². The van der Waals surface area contributed by atoms with Crippen LogP contribution in [0.5, 0.6) is 0 Å². The largest absolute Gasteiger partial charge is 0.331 e. The zero-order chi connectivity index (χ0) is 21.1. The molecule has 1 aromatic heterocycles. The Bertz CT molecular complexity index is 1290. The number of fused-ring (bicyclic) bond motifs is 1. The molecule has 0 atom stereocenters. The van der Waals surface area contributed by atoms with Crippen molar-refractivity contribution in [1.82, 2.24) is 4.57 Å². The van der Waals surface area contributed by atoms with Crippen molar-refractivity contribution in [1.29, 1.82) is 0 Å². The molecule has 2 N–H and O–H groups in total. The lowest BCUT2D eigenvalue weighted by molar-refractivity contribution is -0.116. The maximum atomic E-state index is 12.8. The predicted octanol–water partition coefficient (Wildman–Crippen LogP) is 4.32. The molecule has 4 aromatic rings. The fourth-order valence-electron chi connectivity index (χ4n) is 3.41. The van der Waals surface area contributed by atoms with Crippen LogP contribution in [0.15, 0.2) is 84.9 Å². The van der Waals surface area contributed by atoms with Gasteiger partial charge in [0.2, 0.25) is 15.9 Å². The molecule has 0 radical (unpaired) electrons. The fourth-order valence-corrected chi connectivity index (χ4v) is 3.97. The highest BCUT2D eigenvalue weighted by atomic mass is 32.2. The molecule has 1 amide bonds. The van der Waals surface area contributed by atoms with Gasteiger partial charge < -0.3 is 9.88 Å². The molecule has 0 aliphatic rings. The van der Waals surface area contributed by atoms with Gasteiger partial charge in [0.1, 0.15) is 6.54 Å². The molecular weight excluding hydrogens is 398 g/mol. The first kappa shape index (κ1) is 19.7. The maximum Gasteiger partial charge on any atom is 0.244 e. The van der Waals surface area contributed by atoms with E-state index in [1.807, 2.05) is 59.2 Å². The highest BCUT2D eigenvalue weighted by molar-refractivity contribution is 7.92. The van der Waals surface area contributed by atoms with E-state index in [4.69, 9.17) is 0 Å². The number of aromatic nitrogens is 1. The lowest BCUT2D eigenvalue weighted by atomic mass is 10.1. The summed E-state index contributed by atoms with van der Waals surface area (Å²) in [6.45, 7) is 0.154. The van der Waals surface area contributed by atoms with Crippen molar-refractivity contribution in [3.63, 3.8) is 0 Å². The highest BCUT2D eigenvalue weighted by Gasteiger charge is 2.13. The second-order valence-electron chi connectivity index (χ2n) is 7.04. The van der Waals surface area contributed by atoms with Crippen molar-refractivity contribution in [2.75, 3.05) is 16.3 Å². The molecule has 7 heteroatoms. The number of amides is 1. The van der Waals surface area contributed by atoms with Crippen molar-refractivity contribution < 1.29 is 13.2 Å². The number of sulfonamides is 1. The van der Waals surface area contributed by atoms with Gasteiger partial charge in [0.15, 0.2) is 0 Å². The van der Waals surface area contributed by atoms with E-state index >= 15 is 0 Å². The molecule has 0 bridgehead atoms. The number of nitrogens with one attached hydrogen (secondary N) is 2. The van der Waals surface area contributed by atoms with Gasteiger partial charge in [-0.2, -0.15) is 0 Å². The average Bonchev–Trinajstić information content (AvgIpc) is 3.07. The lowest BCUT2D eigenvalue weighted by Crippen LogP contribution is -2.19. The number of para-hydroxylation sites is 1. The first-order valence-electron chi connectivity index (χ1n) is 9.40. The predicted molar refractivity (Wildman–Crippen MR) is 121 cm³/mol. The summed E-state index contributed by atoms with van der Waals surface area (Å²) in [5.74, 6) is -0.169. The third-order valence-corrected chi connectivity index (χ3v) is 5.26. The van der Waals surface area contributed by atoms with Gasteiger partial charge in [-0.1, -0.05) is 48.5 Å². The minimum atomic E-state index is -3.34. The summed E-state index contributed by atoms with van der Waals surface area (Å²) in [5.41, 5.74) is 4.03. The van der Waals surface area contributed by atoms with E-state index in [2.05, 4.69) is 16.1 Å². The van der Waals surface area contributed by atoms with Crippen molar-refractivity contribution >= 4 is 38.2 Å². The van der Waals surface area contributed by atoms with Gasteiger partial charge in [-0.25, -0.2) is 8.42 Å². The highest BCUT2D eigenvalue weighted by Crippen LogP contribution is 2.28. The summed E-state index contributed by atoms with van der Waals surface area (Å²) in [5, 5.41) is 3.95. The minimum absolute atomic E-state index is 0.154. The summed E-state index contributed by atoms with van der Waals surface area (Å²) < 4.78 is 27.0. The number of nitrogens with zero attached hydrogens (tertiary/aromatic N) is 1. The van der Waals surface area contributed by atoms with Gasteiger partial charge in [0.05, 0.1) is 6.26 Å². The Hall–Kier alpha value is -3.58. The van der Waals surface area contributed by atoms with Crippen molar-refractivity contribution in [2.24, 2.45) is 0 Å². The zero-order valence-electron chi connectivity index (χ0n) is 16.4. The number of hydrogen-bond acceptors (Lipinski definition) is 3. The monoisotopic (exact) mass is 419 g/mol. The van der Waals surface area contributed by atoms with E-state index in [0.29, 0.717) is 11.4 Å². The van der Waals surface area contributed by atoms with Crippen LogP contribution in [0.2, 0.25) is 0 Å².